The molecule has 0 aliphatic carbocycles. The number of methoxy groups -OCH3 is 1. The molecule has 0 aliphatic heterocycles. The average Bonchev–Trinajstić information content (AvgIpc) is 2.53. The number of nitrogens with zero attached hydrogens (tertiary/aromatic N) is 1. The van der Waals surface area contributed by atoms with Crippen molar-refractivity contribution in [2.75, 3.05) is 25.1 Å². The van der Waals surface area contributed by atoms with Gasteiger partial charge in [-0.1, -0.05) is 24.3 Å². The van der Waals surface area contributed by atoms with Gasteiger partial charge in [0.05, 0.1) is 7.11 Å². The maximum atomic E-state index is 14.1. The van der Waals surface area contributed by atoms with Crippen molar-refractivity contribution < 1.29 is 9.13 Å². The van der Waals surface area contributed by atoms with Crippen LogP contribution in [0.2, 0.25) is 0 Å². The Morgan fingerprint density at radius 3 is 2.52 bits per heavy atom. The number of anilines is 1. The van der Waals surface area contributed by atoms with Gasteiger partial charge in [-0.25, -0.2) is 4.39 Å². The number of hydrogen-bond donors (Lipinski definition) is 1. The third-order valence-corrected chi connectivity index (χ3v) is 3.37. The molecule has 0 saturated heterocycles. The lowest BCUT2D eigenvalue weighted by molar-refractivity contribution is 0.410. The predicted molar refractivity (Wildman–Crippen MR) is 84.1 cm³/mol. The second-order valence-corrected chi connectivity index (χ2v) is 4.86. The van der Waals surface area contributed by atoms with Crippen LogP contribution in [0.1, 0.15) is 12.0 Å². The van der Waals surface area contributed by atoms with E-state index in [1.54, 1.807) is 12.1 Å². The second kappa shape index (κ2) is 7.64. The molecule has 0 radical (unpaired) electrons. The van der Waals surface area contributed by atoms with Gasteiger partial charge in [0.15, 0.2) is 0 Å². The van der Waals surface area contributed by atoms with Crippen LogP contribution in [0.5, 0.6) is 5.75 Å². The first-order chi connectivity index (χ1) is 10.2. The zero-order chi connectivity index (χ0) is 15.1. The molecule has 0 saturated carbocycles. The normalized spacial score (nSPS) is 10.4. The van der Waals surface area contributed by atoms with Gasteiger partial charge in [0.1, 0.15) is 11.6 Å². The molecule has 2 rings (SSSR count). The minimum Gasteiger partial charge on any atom is -0.497 e. The lowest BCUT2D eigenvalue weighted by atomic mass is 10.1. The van der Waals surface area contributed by atoms with E-state index in [1.165, 1.54) is 13.2 Å². The summed E-state index contributed by atoms with van der Waals surface area (Å²) in [6, 6.07) is 15.0. The Balaban J connectivity index is 2.18. The van der Waals surface area contributed by atoms with E-state index in [1.807, 2.05) is 30.3 Å². The molecule has 2 aromatic carbocycles. The first-order valence-corrected chi connectivity index (χ1v) is 7.07. The molecule has 0 bridgehead atoms. The number of halogens is 1. The van der Waals surface area contributed by atoms with Crippen molar-refractivity contribution >= 4 is 5.69 Å². The van der Waals surface area contributed by atoms with Crippen LogP contribution in [-0.4, -0.2) is 20.2 Å². The van der Waals surface area contributed by atoms with Crippen molar-refractivity contribution in [2.24, 2.45) is 5.73 Å². The Bertz CT molecular complexity index is 560. The van der Waals surface area contributed by atoms with Crippen LogP contribution in [-0.2, 0) is 6.54 Å². The number of ether oxygens (including phenoxy) is 1. The van der Waals surface area contributed by atoms with E-state index in [9.17, 15) is 4.39 Å². The molecule has 0 aliphatic rings. The quantitative estimate of drug-likeness (QED) is 0.850. The molecular weight excluding hydrogens is 267 g/mol. The van der Waals surface area contributed by atoms with Crippen molar-refractivity contribution in [3.63, 3.8) is 0 Å². The highest BCUT2D eigenvalue weighted by atomic mass is 19.1. The van der Waals surface area contributed by atoms with Crippen LogP contribution in [0, 0.1) is 5.82 Å². The van der Waals surface area contributed by atoms with Crippen LogP contribution in [0.3, 0.4) is 0 Å². The molecule has 0 fully saturated rings. The summed E-state index contributed by atoms with van der Waals surface area (Å²) in [6.45, 7) is 1.93. The Labute approximate surface area is 125 Å². The third-order valence-electron chi connectivity index (χ3n) is 3.37. The fraction of sp³-hybridized carbons (Fsp3) is 0.294. The average molecular weight is 288 g/mol. The van der Waals surface area contributed by atoms with Gasteiger partial charge in [0.2, 0.25) is 0 Å². The summed E-state index contributed by atoms with van der Waals surface area (Å²) in [7, 11) is 1.53. The monoisotopic (exact) mass is 288 g/mol. The highest BCUT2D eigenvalue weighted by Gasteiger charge is 2.10. The van der Waals surface area contributed by atoms with Gasteiger partial charge >= 0.3 is 0 Å². The maximum absolute atomic E-state index is 14.1. The summed E-state index contributed by atoms with van der Waals surface area (Å²) < 4.78 is 19.1. The minimum absolute atomic E-state index is 0.247. The Morgan fingerprint density at radius 2 is 1.90 bits per heavy atom. The van der Waals surface area contributed by atoms with Gasteiger partial charge in [0.25, 0.3) is 0 Å². The molecule has 0 spiro atoms. The highest BCUT2D eigenvalue weighted by Crippen LogP contribution is 2.21. The third kappa shape index (κ3) is 4.20. The highest BCUT2D eigenvalue weighted by molar-refractivity contribution is 5.47. The van der Waals surface area contributed by atoms with Crippen molar-refractivity contribution in [3.8, 4) is 5.75 Å². The molecule has 2 N–H and O–H groups in total. The summed E-state index contributed by atoms with van der Waals surface area (Å²) in [5.41, 5.74) is 7.32. The number of rotatable bonds is 7. The topological polar surface area (TPSA) is 38.5 Å². The first-order valence-electron chi connectivity index (χ1n) is 7.07. The minimum atomic E-state index is -0.247. The van der Waals surface area contributed by atoms with Gasteiger partial charge in [-0.3, -0.25) is 0 Å². The van der Waals surface area contributed by atoms with E-state index < -0.39 is 0 Å². The molecule has 0 heterocycles. The van der Waals surface area contributed by atoms with Gasteiger partial charge in [0, 0.05) is 30.4 Å². The lowest BCUT2D eigenvalue weighted by Crippen LogP contribution is -2.26. The van der Waals surface area contributed by atoms with Crippen molar-refractivity contribution in [1.82, 2.24) is 0 Å². The van der Waals surface area contributed by atoms with Crippen LogP contribution in [0.25, 0.3) is 0 Å². The molecule has 2 aromatic rings. The van der Waals surface area contributed by atoms with Crippen LogP contribution < -0.4 is 15.4 Å². The number of nitrogens with two attached hydrogens (primary N) is 1. The lowest BCUT2D eigenvalue weighted by Gasteiger charge is -2.25. The van der Waals surface area contributed by atoms with Crippen LogP contribution in [0.4, 0.5) is 10.1 Å². The van der Waals surface area contributed by atoms with E-state index >= 15 is 0 Å². The zero-order valence-corrected chi connectivity index (χ0v) is 12.3. The summed E-state index contributed by atoms with van der Waals surface area (Å²) in [5.74, 6) is 0.285. The molecule has 0 atom stereocenters. The van der Waals surface area contributed by atoms with Crippen molar-refractivity contribution in [2.45, 2.75) is 13.0 Å². The molecule has 0 aromatic heterocycles. The summed E-state index contributed by atoms with van der Waals surface area (Å²) in [6.07, 6.45) is 0.868. The SMILES string of the molecule is COc1ccc(CN(CCCN)c2ccccc2)c(F)c1. The van der Waals surface area contributed by atoms with E-state index in [0.717, 1.165) is 18.7 Å². The number of para-hydroxylation sites is 1. The van der Waals surface area contributed by atoms with Gasteiger partial charge in [-0.15, -0.1) is 0 Å². The van der Waals surface area contributed by atoms with Crippen molar-refractivity contribution in [1.29, 1.82) is 0 Å². The van der Waals surface area contributed by atoms with Gasteiger partial charge in [-0.2, -0.15) is 0 Å². The molecule has 3 nitrogen and oxygen atoms in total. The van der Waals surface area contributed by atoms with Crippen LogP contribution >= 0.6 is 0 Å². The first kappa shape index (κ1) is 15.3. The molecule has 21 heavy (non-hydrogen) atoms. The Kier molecular flexibility index (Phi) is 5.58. The second-order valence-electron chi connectivity index (χ2n) is 4.86. The fourth-order valence-corrected chi connectivity index (χ4v) is 2.21. The number of hydrogen-bond acceptors (Lipinski definition) is 3. The zero-order valence-electron chi connectivity index (χ0n) is 12.3. The molecule has 112 valence electrons. The summed E-state index contributed by atoms with van der Waals surface area (Å²) >= 11 is 0. The molecule has 0 unspecified atom stereocenters. The van der Waals surface area contributed by atoms with E-state index in [2.05, 4.69) is 4.90 Å². The van der Waals surface area contributed by atoms with E-state index in [4.69, 9.17) is 10.5 Å². The van der Waals surface area contributed by atoms with Crippen LogP contribution in [0.15, 0.2) is 48.5 Å². The molecule has 4 heteroatoms. The molecular formula is C17H21FN2O. The summed E-state index contributed by atoms with van der Waals surface area (Å²) in [4.78, 5) is 2.14. The van der Waals surface area contributed by atoms with Crippen molar-refractivity contribution in [3.05, 3.63) is 59.9 Å². The smallest absolute Gasteiger partial charge is 0.131 e. The maximum Gasteiger partial charge on any atom is 0.131 e. The fourth-order valence-electron chi connectivity index (χ4n) is 2.21. The van der Waals surface area contributed by atoms with Gasteiger partial charge in [-0.05, 0) is 31.2 Å². The van der Waals surface area contributed by atoms with E-state index in [-0.39, 0.29) is 5.82 Å². The number of benzene rings is 2. The Morgan fingerprint density at radius 1 is 1.14 bits per heavy atom. The summed E-state index contributed by atoms with van der Waals surface area (Å²) in [5, 5.41) is 0. The van der Waals surface area contributed by atoms with Gasteiger partial charge < -0.3 is 15.4 Å². The largest absolute Gasteiger partial charge is 0.497 e. The Hall–Kier alpha value is -2.07. The standard InChI is InChI=1S/C17H21FN2O/c1-21-16-9-8-14(17(18)12-16)13-20(11-5-10-19)15-6-3-2-4-7-15/h2-4,6-9,12H,5,10-11,13,19H2,1H3. The predicted octanol–water partition coefficient (Wildman–Crippen LogP) is 3.19. The molecule has 0 amide bonds. The van der Waals surface area contributed by atoms with E-state index in [0.29, 0.717) is 24.4 Å².